The van der Waals surface area contributed by atoms with Crippen molar-refractivity contribution in [3.8, 4) is 0 Å². The van der Waals surface area contributed by atoms with Gasteiger partial charge in [-0.1, -0.05) is 17.7 Å². The summed E-state index contributed by atoms with van der Waals surface area (Å²) < 4.78 is 13.9. The molecule has 2 saturated heterocycles. The number of carbonyl (C=O) groups is 3. The first-order chi connectivity index (χ1) is 12.5. The highest BCUT2D eigenvalue weighted by molar-refractivity contribution is 6.31. The Kier molecular flexibility index (Phi) is 5.76. The Morgan fingerprint density at radius 3 is 2.62 bits per heavy atom. The second kappa shape index (κ2) is 8.03. The van der Waals surface area contributed by atoms with Crippen LogP contribution in [0.4, 0.5) is 4.39 Å². The molecular weight excluding hydrogens is 361 g/mol. The third kappa shape index (κ3) is 4.15. The maximum atomic E-state index is 13.9. The fraction of sp³-hybridized carbons (Fsp3) is 0.500. The number of nitrogens with one attached hydrogen (secondary N) is 1. The first kappa shape index (κ1) is 18.6. The Balaban J connectivity index is 1.59. The van der Waals surface area contributed by atoms with Crippen LogP contribution in [0.5, 0.6) is 0 Å². The smallest absolute Gasteiger partial charge is 0.245 e. The fourth-order valence-corrected chi connectivity index (χ4v) is 3.60. The van der Waals surface area contributed by atoms with Gasteiger partial charge in [0, 0.05) is 43.2 Å². The quantitative estimate of drug-likeness (QED) is 0.859. The van der Waals surface area contributed by atoms with Crippen molar-refractivity contribution in [3.63, 3.8) is 0 Å². The summed E-state index contributed by atoms with van der Waals surface area (Å²) in [6, 6.07) is 3.89. The lowest BCUT2D eigenvalue weighted by molar-refractivity contribution is -0.135. The molecule has 8 heteroatoms. The van der Waals surface area contributed by atoms with Crippen LogP contribution in [0.2, 0.25) is 5.02 Å². The monoisotopic (exact) mass is 381 g/mol. The summed E-state index contributed by atoms with van der Waals surface area (Å²) in [6.45, 7) is 1.83. The Bertz CT molecular complexity index is 707. The fourth-order valence-electron chi connectivity index (χ4n) is 3.37. The molecule has 2 aliphatic rings. The van der Waals surface area contributed by atoms with E-state index in [-0.39, 0.29) is 34.7 Å². The zero-order valence-corrected chi connectivity index (χ0v) is 15.1. The SMILES string of the molecule is O=C1CCC(C(=O)N2CCCN(C(=O)Cc3c(F)cccc3Cl)CC2)N1. The summed E-state index contributed by atoms with van der Waals surface area (Å²) in [6.07, 6.45) is 1.43. The molecule has 140 valence electrons. The minimum absolute atomic E-state index is 0.0951. The summed E-state index contributed by atoms with van der Waals surface area (Å²) in [4.78, 5) is 39.7. The van der Waals surface area contributed by atoms with Gasteiger partial charge in [-0.25, -0.2) is 4.39 Å². The maximum Gasteiger partial charge on any atom is 0.245 e. The number of hydrogen-bond acceptors (Lipinski definition) is 3. The third-order valence-corrected chi connectivity index (χ3v) is 5.20. The molecule has 1 aromatic rings. The summed E-state index contributed by atoms with van der Waals surface area (Å²) in [5, 5.41) is 2.92. The molecule has 6 nitrogen and oxygen atoms in total. The van der Waals surface area contributed by atoms with Crippen molar-refractivity contribution < 1.29 is 18.8 Å². The van der Waals surface area contributed by atoms with Gasteiger partial charge in [-0.2, -0.15) is 0 Å². The second-order valence-electron chi connectivity index (χ2n) is 6.60. The predicted molar refractivity (Wildman–Crippen MR) is 94.1 cm³/mol. The van der Waals surface area contributed by atoms with E-state index in [9.17, 15) is 18.8 Å². The number of carbonyl (C=O) groups excluding carboxylic acids is 3. The highest BCUT2D eigenvalue weighted by atomic mass is 35.5. The number of halogens is 2. The minimum Gasteiger partial charge on any atom is -0.344 e. The first-order valence-electron chi connectivity index (χ1n) is 8.74. The van der Waals surface area contributed by atoms with Crippen molar-refractivity contribution in [2.24, 2.45) is 0 Å². The molecule has 1 unspecified atom stereocenters. The van der Waals surface area contributed by atoms with Gasteiger partial charge in [0.05, 0.1) is 6.42 Å². The van der Waals surface area contributed by atoms with E-state index in [1.807, 2.05) is 0 Å². The highest BCUT2D eigenvalue weighted by Crippen LogP contribution is 2.20. The van der Waals surface area contributed by atoms with Crippen molar-refractivity contribution in [2.75, 3.05) is 26.2 Å². The Labute approximate surface area is 156 Å². The van der Waals surface area contributed by atoms with E-state index in [2.05, 4.69) is 5.32 Å². The summed E-state index contributed by atoms with van der Waals surface area (Å²) in [7, 11) is 0. The second-order valence-corrected chi connectivity index (χ2v) is 7.00. The molecule has 1 atom stereocenters. The molecule has 0 spiro atoms. The van der Waals surface area contributed by atoms with Crippen LogP contribution in [0.25, 0.3) is 0 Å². The molecule has 1 N–H and O–H groups in total. The molecular formula is C18H21ClFN3O3. The number of nitrogens with zero attached hydrogens (tertiary/aromatic N) is 2. The Hall–Kier alpha value is -2.15. The number of amides is 3. The van der Waals surface area contributed by atoms with Gasteiger partial charge in [0.15, 0.2) is 0 Å². The van der Waals surface area contributed by atoms with Crippen LogP contribution in [-0.4, -0.2) is 59.7 Å². The van der Waals surface area contributed by atoms with Crippen LogP contribution in [0, 0.1) is 5.82 Å². The van der Waals surface area contributed by atoms with Crippen LogP contribution in [-0.2, 0) is 20.8 Å². The molecule has 2 aliphatic heterocycles. The maximum absolute atomic E-state index is 13.9. The molecule has 26 heavy (non-hydrogen) atoms. The minimum atomic E-state index is -0.491. The highest BCUT2D eigenvalue weighted by Gasteiger charge is 2.32. The van der Waals surface area contributed by atoms with Crippen LogP contribution < -0.4 is 5.32 Å². The molecule has 1 aromatic carbocycles. The topological polar surface area (TPSA) is 69.7 Å². The molecule has 0 aliphatic carbocycles. The summed E-state index contributed by atoms with van der Waals surface area (Å²) in [5.41, 5.74) is 0.199. The van der Waals surface area contributed by atoms with Crippen molar-refractivity contribution in [1.29, 1.82) is 0 Å². The average molecular weight is 382 g/mol. The zero-order chi connectivity index (χ0) is 18.7. The Morgan fingerprint density at radius 1 is 1.19 bits per heavy atom. The van der Waals surface area contributed by atoms with E-state index in [1.165, 1.54) is 12.1 Å². The number of benzene rings is 1. The Morgan fingerprint density at radius 2 is 1.92 bits per heavy atom. The molecule has 3 rings (SSSR count). The standard InChI is InChI=1S/C18H21ClFN3O3/c19-13-3-1-4-14(20)12(13)11-17(25)22-7-2-8-23(10-9-22)18(26)15-5-6-16(24)21-15/h1,3-4,15H,2,5-11H2,(H,21,24). The molecule has 2 heterocycles. The normalized spacial score (nSPS) is 20.7. The largest absolute Gasteiger partial charge is 0.344 e. The number of hydrogen-bond donors (Lipinski definition) is 1. The van der Waals surface area contributed by atoms with Gasteiger partial charge in [0.25, 0.3) is 0 Å². The zero-order valence-electron chi connectivity index (χ0n) is 14.3. The van der Waals surface area contributed by atoms with Crippen LogP contribution >= 0.6 is 11.6 Å². The predicted octanol–water partition coefficient (Wildman–Crippen LogP) is 1.36. The number of rotatable bonds is 3. The van der Waals surface area contributed by atoms with Crippen LogP contribution in [0.1, 0.15) is 24.8 Å². The van der Waals surface area contributed by atoms with Crippen LogP contribution in [0.3, 0.4) is 0 Å². The molecule has 0 radical (unpaired) electrons. The van der Waals surface area contributed by atoms with Gasteiger partial charge in [-0.05, 0) is 25.0 Å². The lowest BCUT2D eigenvalue weighted by atomic mass is 10.1. The van der Waals surface area contributed by atoms with Gasteiger partial charge in [0.1, 0.15) is 11.9 Å². The van der Waals surface area contributed by atoms with E-state index < -0.39 is 11.9 Å². The van der Waals surface area contributed by atoms with Crippen molar-refractivity contribution in [1.82, 2.24) is 15.1 Å². The van der Waals surface area contributed by atoms with Crippen molar-refractivity contribution >= 4 is 29.3 Å². The molecule has 0 bridgehead atoms. The van der Waals surface area contributed by atoms with E-state index in [4.69, 9.17) is 11.6 Å². The van der Waals surface area contributed by atoms with Gasteiger partial charge in [0.2, 0.25) is 17.7 Å². The summed E-state index contributed by atoms with van der Waals surface area (Å²) >= 11 is 6.00. The van der Waals surface area contributed by atoms with E-state index in [1.54, 1.807) is 15.9 Å². The van der Waals surface area contributed by atoms with Crippen molar-refractivity contribution in [2.45, 2.75) is 31.7 Å². The van der Waals surface area contributed by atoms with Gasteiger partial charge in [-0.15, -0.1) is 0 Å². The van der Waals surface area contributed by atoms with E-state index >= 15 is 0 Å². The summed E-state index contributed by atoms with van der Waals surface area (Å²) in [5.74, 6) is -0.894. The first-order valence-corrected chi connectivity index (χ1v) is 9.12. The molecule has 0 aromatic heterocycles. The van der Waals surface area contributed by atoms with Crippen molar-refractivity contribution in [3.05, 3.63) is 34.6 Å². The van der Waals surface area contributed by atoms with Gasteiger partial charge in [-0.3, -0.25) is 14.4 Å². The molecule has 0 saturated carbocycles. The lowest BCUT2D eigenvalue weighted by Crippen LogP contribution is -2.46. The van der Waals surface area contributed by atoms with E-state index in [0.717, 1.165) is 0 Å². The van der Waals surface area contributed by atoms with Gasteiger partial charge < -0.3 is 15.1 Å². The van der Waals surface area contributed by atoms with Crippen LogP contribution in [0.15, 0.2) is 18.2 Å². The van der Waals surface area contributed by atoms with E-state index in [0.29, 0.717) is 45.4 Å². The van der Waals surface area contributed by atoms with Gasteiger partial charge >= 0.3 is 0 Å². The molecule has 2 fully saturated rings. The average Bonchev–Trinajstić information content (AvgIpc) is 2.90. The molecule has 3 amide bonds. The lowest BCUT2D eigenvalue weighted by Gasteiger charge is -2.24. The third-order valence-electron chi connectivity index (χ3n) is 4.84.